The van der Waals surface area contributed by atoms with Gasteiger partial charge in [-0.15, -0.1) is 0 Å². The van der Waals surface area contributed by atoms with E-state index in [9.17, 15) is 4.79 Å². The summed E-state index contributed by atoms with van der Waals surface area (Å²) in [5.74, 6) is 0.158. The van der Waals surface area contributed by atoms with Crippen LogP contribution in [0.1, 0.15) is 6.92 Å². The van der Waals surface area contributed by atoms with Gasteiger partial charge in [0, 0.05) is 35.8 Å². The summed E-state index contributed by atoms with van der Waals surface area (Å²) in [6.07, 6.45) is 3.25. The molecule has 10 heteroatoms. The Kier molecular flexibility index (Phi) is 6.16. The minimum atomic E-state index is -0.596. The van der Waals surface area contributed by atoms with Crippen LogP contribution in [0.2, 0.25) is 0 Å². The molecule has 2 aromatic carbocycles. The minimum Gasteiger partial charge on any atom is -0.497 e. The second-order valence-corrected chi connectivity index (χ2v) is 7.02. The van der Waals surface area contributed by atoms with E-state index in [0.29, 0.717) is 34.9 Å². The maximum atomic E-state index is 15.5. The summed E-state index contributed by atoms with van der Waals surface area (Å²) in [5, 5.41) is 9.74. The van der Waals surface area contributed by atoms with Gasteiger partial charge in [-0.1, -0.05) is 12.1 Å². The lowest BCUT2D eigenvalue weighted by atomic mass is 10.0. The van der Waals surface area contributed by atoms with Crippen LogP contribution in [0.3, 0.4) is 0 Å². The van der Waals surface area contributed by atoms with Gasteiger partial charge in [0.05, 0.1) is 18.5 Å². The number of nitrogens with two attached hydrogens (primary N) is 1. The van der Waals surface area contributed by atoms with Gasteiger partial charge in [-0.2, -0.15) is 5.10 Å². The minimum absolute atomic E-state index is 0.0240. The maximum Gasteiger partial charge on any atom is 0.323 e. The van der Waals surface area contributed by atoms with Gasteiger partial charge in [0.15, 0.2) is 5.82 Å². The molecule has 0 bridgehead atoms. The highest BCUT2D eigenvalue weighted by molar-refractivity contribution is 6.00. The zero-order valence-corrected chi connectivity index (χ0v) is 18.0. The standard InChI is InChI=1S/C23H22FN7O2/c1-3-31-13-17(21(30-31)19-11-12-26-22(25)28-19)16-5-4-6-18(20(16)24)29-23(32)27-14-7-9-15(33-2)10-8-14/h4-13H,3H2,1-2H3,(H2,25,26,28)(H2,27,29,32). The Morgan fingerprint density at radius 2 is 1.91 bits per heavy atom. The van der Waals surface area contributed by atoms with E-state index < -0.39 is 11.8 Å². The first-order valence-electron chi connectivity index (χ1n) is 10.2. The third-order valence-corrected chi connectivity index (χ3v) is 4.89. The number of nitrogens with zero attached hydrogens (tertiary/aromatic N) is 4. The summed E-state index contributed by atoms with van der Waals surface area (Å²) in [7, 11) is 1.56. The molecule has 9 nitrogen and oxygen atoms in total. The predicted octanol–water partition coefficient (Wildman–Crippen LogP) is 4.40. The van der Waals surface area contributed by atoms with Crippen LogP contribution in [0.15, 0.2) is 60.9 Å². The van der Waals surface area contributed by atoms with Crippen LogP contribution in [0.5, 0.6) is 5.75 Å². The molecule has 2 aromatic heterocycles. The third kappa shape index (κ3) is 4.74. The van der Waals surface area contributed by atoms with Crippen molar-refractivity contribution < 1.29 is 13.9 Å². The van der Waals surface area contributed by atoms with Gasteiger partial charge in [0.2, 0.25) is 5.95 Å². The van der Waals surface area contributed by atoms with Crippen molar-refractivity contribution >= 4 is 23.4 Å². The number of ether oxygens (including phenoxy) is 1. The summed E-state index contributed by atoms with van der Waals surface area (Å²) < 4.78 is 22.3. The maximum absolute atomic E-state index is 15.5. The summed E-state index contributed by atoms with van der Waals surface area (Å²) in [5.41, 5.74) is 8.01. The quantitative estimate of drug-likeness (QED) is 0.403. The first kappa shape index (κ1) is 21.8. The van der Waals surface area contributed by atoms with Crippen molar-refractivity contribution in [1.29, 1.82) is 0 Å². The fraction of sp³-hybridized carbons (Fsp3) is 0.130. The molecule has 33 heavy (non-hydrogen) atoms. The number of benzene rings is 2. The number of amides is 2. The Balaban J connectivity index is 1.63. The summed E-state index contributed by atoms with van der Waals surface area (Å²) in [6, 6.07) is 12.6. The van der Waals surface area contributed by atoms with Crippen molar-refractivity contribution in [3.8, 4) is 28.3 Å². The van der Waals surface area contributed by atoms with Crippen LogP contribution in [-0.4, -0.2) is 32.9 Å². The molecule has 0 atom stereocenters. The van der Waals surface area contributed by atoms with Crippen LogP contribution in [-0.2, 0) is 6.54 Å². The summed E-state index contributed by atoms with van der Waals surface area (Å²) in [4.78, 5) is 20.6. The molecule has 0 fully saturated rings. The van der Waals surface area contributed by atoms with Crippen molar-refractivity contribution in [2.24, 2.45) is 0 Å². The van der Waals surface area contributed by atoms with Gasteiger partial charge in [-0.3, -0.25) is 4.68 Å². The number of aryl methyl sites for hydroxylation is 1. The molecule has 0 radical (unpaired) electrons. The van der Waals surface area contributed by atoms with Crippen molar-refractivity contribution in [3.63, 3.8) is 0 Å². The van der Waals surface area contributed by atoms with Gasteiger partial charge in [-0.25, -0.2) is 19.2 Å². The number of nitrogens with one attached hydrogen (secondary N) is 2. The lowest BCUT2D eigenvalue weighted by molar-refractivity contribution is 0.262. The fourth-order valence-electron chi connectivity index (χ4n) is 3.27. The van der Waals surface area contributed by atoms with E-state index in [1.54, 1.807) is 60.5 Å². The Morgan fingerprint density at radius 1 is 1.12 bits per heavy atom. The number of hydrogen-bond donors (Lipinski definition) is 3. The highest BCUT2D eigenvalue weighted by atomic mass is 19.1. The number of methoxy groups -OCH3 is 1. The van der Waals surface area contributed by atoms with E-state index >= 15 is 4.39 Å². The molecule has 0 saturated heterocycles. The average molecular weight is 447 g/mol. The zero-order chi connectivity index (χ0) is 23.4. The Bertz CT molecular complexity index is 1290. The van der Waals surface area contributed by atoms with Crippen LogP contribution in [0, 0.1) is 5.82 Å². The SMILES string of the molecule is CCn1cc(-c2cccc(NC(=O)Nc3ccc(OC)cc3)c2F)c(-c2ccnc(N)n2)n1. The van der Waals surface area contributed by atoms with Crippen molar-refractivity contribution in [1.82, 2.24) is 19.7 Å². The number of carbonyl (C=O) groups is 1. The molecule has 0 aliphatic rings. The molecule has 0 unspecified atom stereocenters. The smallest absolute Gasteiger partial charge is 0.323 e. The lowest BCUT2D eigenvalue weighted by Crippen LogP contribution is -2.20. The van der Waals surface area contributed by atoms with E-state index in [0.717, 1.165) is 0 Å². The third-order valence-electron chi connectivity index (χ3n) is 4.89. The van der Waals surface area contributed by atoms with Crippen LogP contribution < -0.4 is 21.1 Å². The number of halogens is 1. The largest absolute Gasteiger partial charge is 0.497 e. The second kappa shape index (κ2) is 9.35. The molecule has 4 N–H and O–H groups in total. The molecule has 0 saturated carbocycles. The van der Waals surface area contributed by atoms with E-state index in [4.69, 9.17) is 10.5 Å². The van der Waals surface area contributed by atoms with E-state index in [2.05, 4.69) is 25.7 Å². The number of anilines is 3. The van der Waals surface area contributed by atoms with Crippen molar-refractivity contribution in [3.05, 3.63) is 66.7 Å². The van der Waals surface area contributed by atoms with E-state index in [1.807, 2.05) is 6.92 Å². The molecular weight excluding hydrogens is 425 g/mol. The van der Waals surface area contributed by atoms with Crippen molar-refractivity contribution in [2.45, 2.75) is 13.5 Å². The Hall–Kier alpha value is -4.47. The van der Waals surface area contributed by atoms with Crippen LogP contribution in [0.4, 0.5) is 26.5 Å². The molecule has 168 valence electrons. The highest BCUT2D eigenvalue weighted by Crippen LogP contribution is 2.34. The predicted molar refractivity (Wildman–Crippen MR) is 124 cm³/mol. The number of urea groups is 1. The number of carbonyl (C=O) groups excluding carboxylic acids is 1. The molecule has 4 rings (SSSR count). The normalized spacial score (nSPS) is 10.6. The first-order chi connectivity index (χ1) is 16.0. The molecule has 2 heterocycles. The number of aromatic nitrogens is 4. The number of hydrogen-bond acceptors (Lipinski definition) is 6. The Labute approximate surface area is 189 Å². The molecular formula is C23H22FN7O2. The van der Waals surface area contributed by atoms with Gasteiger partial charge in [0.1, 0.15) is 11.4 Å². The summed E-state index contributed by atoms with van der Waals surface area (Å²) >= 11 is 0. The molecule has 0 aliphatic carbocycles. The van der Waals surface area contributed by atoms with Crippen molar-refractivity contribution in [2.75, 3.05) is 23.5 Å². The fourth-order valence-corrected chi connectivity index (χ4v) is 3.27. The summed E-state index contributed by atoms with van der Waals surface area (Å²) in [6.45, 7) is 2.50. The van der Waals surface area contributed by atoms with E-state index in [1.165, 1.54) is 12.3 Å². The molecule has 2 amide bonds. The van der Waals surface area contributed by atoms with Gasteiger partial charge >= 0.3 is 6.03 Å². The zero-order valence-electron chi connectivity index (χ0n) is 18.0. The lowest BCUT2D eigenvalue weighted by Gasteiger charge is -2.11. The topological polar surface area (TPSA) is 120 Å². The highest BCUT2D eigenvalue weighted by Gasteiger charge is 2.20. The molecule has 4 aromatic rings. The monoisotopic (exact) mass is 447 g/mol. The first-order valence-corrected chi connectivity index (χ1v) is 10.2. The number of nitrogen functional groups attached to an aromatic ring is 1. The Morgan fingerprint density at radius 3 is 2.61 bits per heavy atom. The van der Waals surface area contributed by atoms with Gasteiger partial charge in [-0.05, 0) is 43.3 Å². The second-order valence-electron chi connectivity index (χ2n) is 7.02. The van der Waals surface area contributed by atoms with Gasteiger partial charge in [0.25, 0.3) is 0 Å². The van der Waals surface area contributed by atoms with Crippen LogP contribution in [0.25, 0.3) is 22.5 Å². The molecule has 0 aliphatic heterocycles. The average Bonchev–Trinajstić information content (AvgIpc) is 3.25. The number of rotatable bonds is 6. The van der Waals surface area contributed by atoms with E-state index in [-0.39, 0.29) is 17.2 Å². The molecule has 0 spiro atoms. The van der Waals surface area contributed by atoms with Gasteiger partial charge < -0.3 is 21.1 Å². The van der Waals surface area contributed by atoms with Crippen LogP contribution >= 0.6 is 0 Å².